The van der Waals surface area contributed by atoms with Gasteiger partial charge in [0.25, 0.3) is 0 Å². The van der Waals surface area contributed by atoms with Crippen molar-refractivity contribution in [2.45, 2.75) is 23.2 Å². The first-order valence-electron chi connectivity index (χ1n) is 8.42. The molecule has 5 heteroatoms. The number of hydrogen-bond donors (Lipinski definition) is 0. The first-order chi connectivity index (χ1) is 12.8. The number of thioether (sulfide) groups is 1. The molecule has 3 aromatic rings. The molecule has 1 atom stereocenters. The number of aromatic nitrogens is 1. The van der Waals surface area contributed by atoms with Crippen molar-refractivity contribution in [2.24, 2.45) is 15.2 Å². The zero-order chi connectivity index (χ0) is 17.8. The Bertz CT molecular complexity index is 940. The van der Waals surface area contributed by atoms with Crippen LogP contribution in [0.4, 0.5) is 0 Å². The Labute approximate surface area is 157 Å². The Morgan fingerprint density at radius 3 is 2.58 bits per heavy atom. The molecule has 0 bridgehead atoms. The topological polar surface area (TPSA) is 50.0 Å². The van der Waals surface area contributed by atoms with Crippen LogP contribution < -0.4 is 0 Å². The SMILES string of the molecule is Cc1ccc(C2(c3cccnc3)N=CN=N2)cc1SCc1ccccc1. The van der Waals surface area contributed by atoms with Crippen LogP contribution in [-0.4, -0.2) is 11.3 Å². The Hall–Kier alpha value is -2.79. The van der Waals surface area contributed by atoms with Crippen LogP contribution in [-0.2, 0) is 11.4 Å². The minimum atomic E-state index is -0.829. The maximum Gasteiger partial charge on any atom is 0.224 e. The molecule has 2 heterocycles. The summed E-state index contributed by atoms with van der Waals surface area (Å²) in [7, 11) is 0. The van der Waals surface area contributed by atoms with Crippen LogP contribution in [0.15, 0.2) is 93.2 Å². The van der Waals surface area contributed by atoms with Crippen molar-refractivity contribution >= 4 is 18.1 Å². The largest absolute Gasteiger partial charge is 0.264 e. The molecule has 0 saturated carbocycles. The average Bonchev–Trinajstić information content (AvgIpc) is 3.20. The van der Waals surface area contributed by atoms with Gasteiger partial charge in [-0.3, -0.25) is 4.98 Å². The molecule has 1 aliphatic rings. The van der Waals surface area contributed by atoms with Gasteiger partial charge in [-0.05, 0) is 30.2 Å². The summed E-state index contributed by atoms with van der Waals surface area (Å²) in [5.41, 5.74) is 3.65. The smallest absolute Gasteiger partial charge is 0.224 e. The maximum atomic E-state index is 4.59. The van der Waals surface area contributed by atoms with Gasteiger partial charge in [0.15, 0.2) is 0 Å². The van der Waals surface area contributed by atoms with E-state index in [4.69, 9.17) is 0 Å². The summed E-state index contributed by atoms with van der Waals surface area (Å²) in [5.74, 6) is 0.926. The molecule has 128 valence electrons. The summed E-state index contributed by atoms with van der Waals surface area (Å²) in [6, 6.07) is 20.8. The Kier molecular flexibility index (Phi) is 4.63. The summed E-state index contributed by atoms with van der Waals surface area (Å²) < 4.78 is 0. The second-order valence-corrected chi connectivity index (χ2v) is 7.15. The molecule has 4 rings (SSSR count). The molecule has 0 saturated heterocycles. The third-order valence-electron chi connectivity index (χ3n) is 4.39. The minimum Gasteiger partial charge on any atom is -0.264 e. The van der Waals surface area contributed by atoms with Crippen molar-refractivity contribution in [3.63, 3.8) is 0 Å². The zero-order valence-corrected chi connectivity index (χ0v) is 15.2. The molecular formula is C21H18N4S. The van der Waals surface area contributed by atoms with Crippen molar-refractivity contribution in [1.82, 2.24) is 4.98 Å². The first-order valence-corrected chi connectivity index (χ1v) is 9.40. The summed E-state index contributed by atoms with van der Waals surface area (Å²) >= 11 is 1.83. The fraction of sp³-hybridized carbons (Fsp3) is 0.143. The van der Waals surface area contributed by atoms with Crippen molar-refractivity contribution in [3.05, 3.63) is 95.3 Å². The second-order valence-electron chi connectivity index (χ2n) is 6.13. The van der Waals surface area contributed by atoms with Crippen LogP contribution in [0.5, 0.6) is 0 Å². The number of aliphatic imine (C=N–C) groups is 1. The maximum absolute atomic E-state index is 4.59. The zero-order valence-electron chi connectivity index (χ0n) is 14.4. The third-order valence-corrected chi connectivity index (χ3v) is 5.62. The van der Waals surface area contributed by atoms with Gasteiger partial charge in [-0.2, -0.15) is 0 Å². The minimum absolute atomic E-state index is 0.829. The van der Waals surface area contributed by atoms with Crippen molar-refractivity contribution in [3.8, 4) is 0 Å². The summed E-state index contributed by atoms with van der Waals surface area (Å²) in [5, 5.41) is 8.48. The summed E-state index contributed by atoms with van der Waals surface area (Å²) in [6.45, 7) is 2.13. The van der Waals surface area contributed by atoms with Crippen LogP contribution in [0.25, 0.3) is 0 Å². The van der Waals surface area contributed by atoms with Crippen molar-refractivity contribution in [1.29, 1.82) is 0 Å². The molecule has 4 nitrogen and oxygen atoms in total. The monoisotopic (exact) mass is 358 g/mol. The van der Waals surface area contributed by atoms with Crippen molar-refractivity contribution in [2.75, 3.05) is 0 Å². The van der Waals surface area contributed by atoms with E-state index in [9.17, 15) is 0 Å². The normalized spacial score (nSPS) is 18.3. The Morgan fingerprint density at radius 1 is 0.962 bits per heavy atom. The van der Waals surface area contributed by atoms with Gasteiger partial charge >= 0.3 is 0 Å². The first kappa shape index (κ1) is 16.7. The summed E-state index contributed by atoms with van der Waals surface area (Å²) in [6.07, 6.45) is 5.07. The molecule has 0 radical (unpaired) electrons. The van der Waals surface area contributed by atoms with Gasteiger partial charge in [-0.1, -0.05) is 48.5 Å². The van der Waals surface area contributed by atoms with E-state index in [2.05, 4.69) is 69.6 Å². The molecule has 1 aromatic heterocycles. The molecule has 0 aliphatic carbocycles. The number of azo groups is 1. The number of rotatable bonds is 5. The molecule has 1 aliphatic heterocycles. The standard InChI is InChI=1S/C21H18N4S/c1-16-9-10-18(12-20(16)26-14-17-6-3-2-4-7-17)21(23-15-24-25-21)19-8-5-11-22-13-19/h2-13,15H,14H2,1H3. The fourth-order valence-electron chi connectivity index (χ4n) is 2.95. The van der Waals surface area contributed by atoms with E-state index in [1.807, 2.05) is 30.0 Å². The lowest BCUT2D eigenvalue weighted by molar-refractivity contribution is 0.567. The van der Waals surface area contributed by atoms with Gasteiger partial charge in [-0.25, -0.2) is 4.99 Å². The molecule has 0 N–H and O–H groups in total. The van der Waals surface area contributed by atoms with Gasteiger partial charge < -0.3 is 0 Å². The van der Waals surface area contributed by atoms with E-state index >= 15 is 0 Å². The molecular weight excluding hydrogens is 340 g/mol. The highest BCUT2D eigenvalue weighted by molar-refractivity contribution is 7.98. The highest BCUT2D eigenvalue weighted by Crippen LogP contribution is 2.39. The third kappa shape index (κ3) is 3.18. The lowest BCUT2D eigenvalue weighted by Crippen LogP contribution is -2.21. The second kappa shape index (κ2) is 7.22. The van der Waals surface area contributed by atoms with Crippen LogP contribution in [0.1, 0.15) is 22.3 Å². The molecule has 0 fully saturated rings. The predicted molar refractivity (Wildman–Crippen MR) is 106 cm³/mol. The molecule has 2 aromatic carbocycles. The van der Waals surface area contributed by atoms with Gasteiger partial charge in [0, 0.05) is 34.2 Å². The number of nitrogens with zero attached hydrogens (tertiary/aromatic N) is 4. The number of aryl methyl sites for hydroxylation is 1. The molecule has 1 unspecified atom stereocenters. The Balaban J connectivity index is 1.69. The molecule has 0 amide bonds. The lowest BCUT2D eigenvalue weighted by Gasteiger charge is -2.23. The van der Waals surface area contributed by atoms with E-state index < -0.39 is 5.66 Å². The van der Waals surface area contributed by atoms with Gasteiger partial charge in [-0.15, -0.1) is 22.0 Å². The van der Waals surface area contributed by atoms with Crippen LogP contribution in [0, 0.1) is 6.92 Å². The van der Waals surface area contributed by atoms with Crippen LogP contribution >= 0.6 is 11.8 Å². The van der Waals surface area contributed by atoms with E-state index in [0.29, 0.717) is 0 Å². The van der Waals surface area contributed by atoms with E-state index in [1.165, 1.54) is 22.4 Å². The Morgan fingerprint density at radius 2 is 1.85 bits per heavy atom. The molecule has 26 heavy (non-hydrogen) atoms. The fourth-order valence-corrected chi connectivity index (χ4v) is 3.97. The quantitative estimate of drug-likeness (QED) is 0.575. The number of hydrogen-bond acceptors (Lipinski definition) is 5. The number of pyridine rings is 1. The predicted octanol–water partition coefficient (Wildman–Crippen LogP) is 5.38. The van der Waals surface area contributed by atoms with Gasteiger partial charge in [0.05, 0.1) is 0 Å². The van der Waals surface area contributed by atoms with E-state index in [-0.39, 0.29) is 0 Å². The van der Waals surface area contributed by atoms with Gasteiger partial charge in [0.1, 0.15) is 6.34 Å². The van der Waals surface area contributed by atoms with Crippen molar-refractivity contribution < 1.29 is 0 Å². The van der Waals surface area contributed by atoms with Crippen LogP contribution in [0.3, 0.4) is 0 Å². The van der Waals surface area contributed by atoms with E-state index in [1.54, 1.807) is 12.4 Å². The highest BCUT2D eigenvalue weighted by Gasteiger charge is 2.36. The van der Waals surface area contributed by atoms with Gasteiger partial charge in [0.2, 0.25) is 5.66 Å². The van der Waals surface area contributed by atoms with Crippen LogP contribution in [0.2, 0.25) is 0 Å². The highest BCUT2D eigenvalue weighted by atomic mass is 32.2. The number of benzene rings is 2. The molecule has 0 spiro atoms. The van der Waals surface area contributed by atoms with E-state index in [0.717, 1.165) is 16.9 Å². The average molecular weight is 358 g/mol. The lowest BCUT2D eigenvalue weighted by atomic mass is 9.93. The summed E-state index contributed by atoms with van der Waals surface area (Å²) in [4.78, 5) is 10.1.